The van der Waals surface area contributed by atoms with Crippen LogP contribution in [0.25, 0.3) is 0 Å². The van der Waals surface area contributed by atoms with Crippen LogP contribution >= 0.6 is 0 Å². The van der Waals surface area contributed by atoms with Gasteiger partial charge in [0, 0.05) is 31.0 Å². The number of likely N-dealkylation sites (tertiary alicyclic amines) is 1. The van der Waals surface area contributed by atoms with Gasteiger partial charge >= 0.3 is 0 Å². The zero-order valence-corrected chi connectivity index (χ0v) is 10.1. The van der Waals surface area contributed by atoms with Gasteiger partial charge in [0.2, 0.25) is 0 Å². The topological polar surface area (TPSA) is 41.0 Å². The van der Waals surface area contributed by atoms with Crippen LogP contribution in [0.15, 0.2) is 18.5 Å². The van der Waals surface area contributed by atoms with Gasteiger partial charge < -0.3 is 5.32 Å². The van der Waals surface area contributed by atoms with Crippen molar-refractivity contribution < 1.29 is 0 Å². The third kappa shape index (κ3) is 3.00. The second-order valence-electron chi connectivity index (χ2n) is 4.62. The molecule has 4 heteroatoms. The lowest BCUT2D eigenvalue weighted by Gasteiger charge is -2.20. The first-order valence-corrected chi connectivity index (χ1v) is 5.99. The molecule has 88 valence electrons. The van der Waals surface area contributed by atoms with E-state index < -0.39 is 0 Å². The summed E-state index contributed by atoms with van der Waals surface area (Å²) in [6.45, 7) is 7.62. The van der Waals surface area contributed by atoms with Crippen LogP contribution in [0.4, 0.5) is 0 Å². The standard InChI is InChI=1S/C12H20N4/c1-10(2)16-7-4-11(9-16)15-8-12-13-5-3-6-14-12/h3,5-6,10-11,15H,4,7-9H2,1-2H3. The fourth-order valence-corrected chi connectivity index (χ4v) is 2.08. The van der Waals surface area contributed by atoms with Crippen LogP contribution in [0.2, 0.25) is 0 Å². The molecule has 0 amide bonds. The monoisotopic (exact) mass is 220 g/mol. The molecule has 1 aliphatic rings. The number of nitrogens with zero attached hydrogens (tertiary/aromatic N) is 3. The smallest absolute Gasteiger partial charge is 0.141 e. The molecule has 2 rings (SSSR count). The summed E-state index contributed by atoms with van der Waals surface area (Å²) in [5.41, 5.74) is 0. The molecule has 1 atom stereocenters. The molecular formula is C12H20N4. The van der Waals surface area contributed by atoms with E-state index in [1.54, 1.807) is 12.4 Å². The Morgan fingerprint density at radius 1 is 1.44 bits per heavy atom. The molecule has 1 aromatic rings. The quantitative estimate of drug-likeness (QED) is 0.823. The van der Waals surface area contributed by atoms with Gasteiger partial charge in [0.1, 0.15) is 5.82 Å². The van der Waals surface area contributed by atoms with E-state index in [4.69, 9.17) is 0 Å². The van der Waals surface area contributed by atoms with Crippen molar-refractivity contribution in [3.63, 3.8) is 0 Å². The summed E-state index contributed by atoms with van der Waals surface area (Å²) in [7, 11) is 0. The summed E-state index contributed by atoms with van der Waals surface area (Å²) in [5, 5.41) is 3.52. The highest BCUT2D eigenvalue weighted by Crippen LogP contribution is 2.12. The Labute approximate surface area is 97.1 Å². The number of aromatic nitrogens is 2. The first-order valence-electron chi connectivity index (χ1n) is 5.99. The summed E-state index contributed by atoms with van der Waals surface area (Å²) in [6.07, 6.45) is 4.81. The molecule has 1 fully saturated rings. The van der Waals surface area contributed by atoms with Crippen molar-refractivity contribution in [1.82, 2.24) is 20.2 Å². The largest absolute Gasteiger partial charge is 0.306 e. The zero-order chi connectivity index (χ0) is 11.4. The molecule has 1 saturated heterocycles. The lowest BCUT2D eigenvalue weighted by Crippen LogP contribution is -2.35. The van der Waals surface area contributed by atoms with Crippen molar-refractivity contribution in [2.75, 3.05) is 13.1 Å². The second-order valence-corrected chi connectivity index (χ2v) is 4.62. The van der Waals surface area contributed by atoms with Gasteiger partial charge in [-0.15, -0.1) is 0 Å². The van der Waals surface area contributed by atoms with Crippen LogP contribution in [0.3, 0.4) is 0 Å². The molecule has 0 bridgehead atoms. The van der Waals surface area contributed by atoms with E-state index in [1.807, 2.05) is 6.07 Å². The molecule has 4 nitrogen and oxygen atoms in total. The first kappa shape index (κ1) is 11.5. The molecule has 16 heavy (non-hydrogen) atoms. The van der Waals surface area contributed by atoms with E-state index in [0.717, 1.165) is 18.9 Å². The van der Waals surface area contributed by atoms with E-state index in [0.29, 0.717) is 12.1 Å². The van der Waals surface area contributed by atoms with Crippen molar-refractivity contribution >= 4 is 0 Å². The lowest BCUT2D eigenvalue weighted by molar-refractivity contribution is 0.268. The molecule has 2 heterocycles. The predicted molar refractivity (Wildman–Crippen MR) is 64.0 cm³/mol. The van der Waals surface area contributed by atoms with Gasteiger partial charge in [-0.1, -0.05) is 0 Å². The van der Waals surface area contributed by atoms with Crippen molar-refractivity contribution in [2.24, 2.45) is 0 Å². The molecule has 1 aliphatic heterocycles. The summed E-state index contributed by atoms with van der Waals surface area (Å²) < 4.78 is 0. The predicted octanol–water partition coefficient (Wildman–Crippen LogP) is 1.05. The van der Waals surface area contributed by atoms with Crippen LogP contribution < -0.4 is 5.32 Å². The minimum Gasteiger partial charge on any atom is -0.306 e. The number of rotatable bonds is 4. The van der Waals surface area contributed by atoms with Crippen molar-refractivity contribution in [3.05, 3.63) is 24.3 Å². The Kier molecular flexibility index (Phi) is 3.85. The molecular weight excluding hydrogens is 200 g/mol. The molecule has 1 unspecified atom stereocenters. The molecule has 0 radical (unpaired) electrons. The third-order valence-electron chi connectivity index (χ3n) is 3.12. The average Bonchev–Trinajstić information content (AvgIpc) is 2.76. The first-order chi connectivity index (χ1) is 7.75. The van der Waals surface area contributed by atoms with Crippen LogP contribution in [0, 0.1) is 0 Å². The SMILES string of the molecule is CC(C)N1CCC(NCc2ncccn2)C1. The van der Waals surface area contributed by atoms with Crippen LogP contribution in [0.5, 0.6) is 0 Å². The van der Waals surface area contributed by atoms with E-state index in [2.05, 4.69) is 34.0 Å². The Morgan fingerprint density at radius 2 is 2.19 bits per heavy atom. The van der Waals surface area contributed by atoms with Crippen LogP contribution in [-0.2, 0) is 6.54 Å². The Hall–Kier alpha value is -1.00. The van der Waals surface area contributed by atoms with Gasteiger partial charge in [-0.25, -0.2) is 9.97 Å². The second kappa shape index (κ2) is 5.37. The van der Waals surface area contributed by atoms with E-state index in [9.17, 15) is 0 Å². The summed E-state index contributed by atoms with van der Waals surface area (Å²) in [6, 6.07) is 3.09. The molecule has 1 N–H and O–H groups in total. The average molecular weight is 220 g/mol. The van der Waals surface area contributed by atoms with E-state index >= 15 is 0 Å². The highest BCUT2D eigenvalue weighted by Gasteiger charge is 2.23. The zero-order valence-electron chi connectivity index (χ0n) is 10.1. The van der Waals surface area contributed by atoms with E-state index in [1.165, 1.54) is 13.0 Å². The number of nitrogens with one attached hydrogen (secondary N) is 1. The minimum atomic E-state index is 0.589. The van der Waals surface area contributed by atoms with Gasteiger partial charge in [-0.05, 0) is 32.9 Å². The van der Waals surface area contributed by atoms with Crippen LogP contribution in [-0.4, -0.2) is 40.0 Å². The molecule has 1 aromatic heterocycles. The number of hydrogen-bond acceptors (Lipinski definition) is 4. The molecule has 0 spiro atoms. The summed E-state index contributed by atoms with van der Waals surface area (Å²) in [5.74, 6) is 0.880. The van der Waals surface area contributed by atoms with Gasteiger partial charge in [0.05, 0.1) is 6.54 Å². The normalized spacial score (nSPS) is 21.8. The maximum absolute atomic E-state index is 4.21. The molecule has 0 saturated carbocycles. The Balaban J connectivity index is 1.76. The highest BCUT2D eigenvalue weighted by molar-refractivity contribution is 4.90. The fourth-order valence-electron chi connectivity index (χ4n) is 2.08. The van der Waals surface area contributed by atoms with E-state index in [-0.39, 0.29) is 0 Å². The Bertz CT molecular complexity index is 312. The van der Waals surface area contributed by atoms with Gasteiger partial charge in [0.15, 0.2) is 0 Å². The van der Waals surface area contributed by atoms with Crippen molar-refractivity contribution in [1.29, 1.82) is 0 Å². The van der Waals surface area contributed by atoms with Crippen molar-refractivity contribution in [3.8, 4) is 0 Å². The highest BCUT2D eigenvalue weighted by atomic mass is 15.2. The van der Waals surface area contributed by atoms with Gasteiger partial charge in [-0.2, -0.15) is 0 Å². The van der Waals surface area contributed by atoms with Gasteiger partial charge in [0.25, 0.3) is 0 Å². The summed E-state index contributed by atoms with van der Waals surface area (Å²) >= 11 is 0. The third-order valence-corrected chi connectivity index (χ3v) is 3.12. The van der Waals surface area contributed by atoms with Crippen LogP contribution in [0.1, 0.15) is 26.1 Å². The summed E-state index contributed by atoms with van der Waals surface area (Å²) in [4.78, 5) is 10.9. The fraction of sp³-hybridized carbons (Fsp3) is 0.667. The molecule has 0 aromatic carbocycles. The lowest BCUT2D eigenvalue weighted by atomic mass is 10.2. The maximum atomic E-state index is 4.21. The maximum Gasteiger partial charge on any atom is 0.141 e. The van der Waals surface area contributed by atoms with Gasteiger partial charge in [-0.3, -0.25) is 4.90 Å². The molecule has 0 aliphatic carbocycles. The minimum absolute atomic E-state index is 0.589. The Morgan fingerprint density at radius 3 is 2.81 bits per heavy atom. The van der Waals surface area contributed by atoms with Crippen molar-refractivity contribution in [2.45, 2.75) is 38.9 Å². The number of hydrogen-bond donors (Lipinski definition) is 1.